The van der Waals surface area contributed by atoms with Gasteiger partial charge < -0.3 is 14.5 Å². The van der Waals surface area contributed by atoms with E-state index in [4.69, 9.17) is 4.42 Å². The highest BCUT2D eigenvalue weighted by atomic mass is 32.1. The molecule has 1 aromatic carbocycles. The quantitative estimate of drug-likeness (QED) is 0.643. The number of hydrogen-bond acceptors (Lipinski definition) is 6. The lowest BCUT2D eigenvalue weighted by atomic mass is 10.2. The number of carbonyl (C=O) groups is 1. The van der Waals surface area contributed by atoms with Crippen molar-refractivity contribution in [3.8, 4) is 17.2 Å². The minimum Gasteiger partial charge on any atom is -0.484 e. The van der Waals surface area contributed by atoms with Crippen LogP contribution in [0.4, 0.5) is 18.9 Å². The summed E-state index contributed by atoms with van der Waals surface area (Å²) in [5.74, 6) is 0.537. The number of aryl methyl sites for hydroxylation is 1. The Balaban J connectivity index is 1.46. The van der Waals surface area contributed by atoms with Crippen molar-refractivity contribution < 1.29 is 27.1 Å². The molecular weight excluding hydrogens is 383 g/mol. The summed E-state index contributed by atoms with van der Waals surface area (Å²) in [6.45, 7) is -1.36. The Kier molecular flexibility index (Phi) is 5.75. The third-order valence-electron chi connectivity index (χ3n) is 3.34. The Hall–Kier alpha value is -2.88. The lowest BCUT2D eigenvalue weighted by Crippen LogP contribution is -2.19. The molecule has 0 fully saturated rings. The first-order valence-corrected chi connectivity index (χ1v) is 8.78. The molecule has 1 N–H and O–H groups in total. The molecule has 0 bridgehead atoms. The fourth-order valence-electron chi connectivity index (χ4n) is 2.10. The summed E-state index contributed by atoms with van der Waals surface area (Å²) >= 11 is 1.51. The van der Waals surface area contributed by atoms with Crippen molar-refractivity contribution in [2.24, 2.45) is 0 Å². The van der Waals surface area contributed by atoms with E-state index in [0.29, 0.717) is 17.5 Å². The van der Waals surface area contributed by atoms with E-state index in [0.717, 1.165) is 5.56 Å². The predicted octanol–water partition coefficient (Wildman–Crippen LogP) is 4.31. The molecular formula is C17H14F3N3O3S. The smallest absolute Gasteiger partial charge is 0.422 e. The Morgan fingerprint density at radius 2 is 1.96 bits per heavy atom. The molecule has 0 aliphatic heterocycles. The van der Waals surface area contributed by atoms with Crippen molar-refractivity contribution in [2.75, 3.05) is 11.9 Å². The van der Waals surface area contributed by atoms with Gasteiger partial charge in [0, 0.05) is 29.5 Å². The van der Waals surface area contributed by atoms with Gasteiger partial charge in [-0.3, -0.25) is 4.79 Å². The van der Waals surface area contributed by atoms with Gasteiger partial charge in [-0.2, -0.15) is 24.5 Å². The minimum atomic E-state index is -4.40. The number of hydrogen-bond donors (Lipinski definition) is 1. The van der Waals surface area contributed by atoms with Crippen molar-refractivity contribution in [2.45, 2.75) is 19.0 Å². The monoisotopic (exact) mass is 397 g/mol. The van der Waals surface area contributed by atoms with E-state index in [9.17, 15) is 18.0 Å². The summed E-state index contributed by atoms with van der Waals surface area (Å²) in [5.41, 5.74) is 1.28. The van der Waals surface area contributed by atoms with E-state index < -0.39 is 12.8 Å². The van der Waals surface area contributed by atoms with Gasteiger partial charge in [-0.05, 0) is 35.7 Å². The number of halogens is 3. The van der Waals surface area contributed by atoms with Crippen LogP contribution in [0.15, 0.2) is 45.5 Å². The van der Waals surface area contributed by atoms with Crippen molar-refractivity contribution >= 4 is 22.9 Å². The molecule has 1 amide bonds. The number of nitrogens with one attached hydrogen (secondary N) is 1. The number of aromatic nitrogens is 2. The van der Waals surface area contributed by atoms with Gasteiger partial charge in [-0.25, -0.2) is 0 Å². The summed E-state index contributed by atoms with van der Waals surface area (Å²) in [6, 6.07) is 7.49. The second-order valence-corrected chi connectivity index (χ2v) is 6.27. The van der Waals surface area contributed by atoms with Gasteiger partial charge in [-0.15, -0.1) is 10.2 Å². The number of rotatable bonds is 7. The predicted molar refractivity (Wildman–Crippen MR) is 92.6 cm³/mol. The molecule has 0 spiro atoms. The van der Waals surface area contributed by atoms with E-state index in [1.165, 1.54) is 35.6 Å². The van der Waals surface area contributed by atoms with Gasteiger partial charge in [-0.1, -0.05) is 0 Å². The van der Waals surface area contributed by atoms with Gasteiger partial charge in [0.2, 0.25) is 17.7 Å². The Labute approximate surface area is 156 Å². The summed E-state index contributed by atoms with van der Waals surface area (Å²) in [6.07, 6.45) is -4.00. The zero-order valence-corrected chi connectivity index (χ0v) is 14.6. The maximum Gasteiger partial charge on any atom is 0.422 e. The molecule has 142 valence electrons. The van der Waals surface area contributed by atoms with Crippen LogP contribution in [0, 0.1) is 0 Å². The van der Waals surface area contributed by atoms with Crippen molar-refractivity contribution in [1.82, 2.24) is 10.2 Å². The highest BCUT2D eigenvalue weighted by molar-refractivity contribution is 7.08. The molecule has 0 atom stereocenters. The van der Waals surface area contributed by atoms with E-state index in [1.54, 1.807) is 0 Å². The van der Waals surface area contributed by atoms with Crippen LogP contribution >= 0.6 is 11.3 Å². The minimum absolute atomic E-state index is 0.0668. The molecule has 2 aromatic heterocycles. The zero-order chi connectivity index (χ0) is 19.3. The van der Waals surface area contributed by atoms with E-state index in [-0.39, 0.29) is 24.5 Å². The average Bonchev–Trinajstić information content (AvgIpc) is 3.30. The van der Waals surface area contributed by atoms with Crippen LogP contribution in [0.5, 0.6) is 5.75 Å². The summed E-state index contributed by atoms with van der Waals surface area (Å²) < 4.78 is 46.4. The highest BCUT2D eigenvalue weighted by Gasteiger charge is 2.28. The Morgan fingerprint density at radius 3 is 2.63 bits per heavy atom. The van der Waals surface area contributed by atoms with Crippen molar-refractivity contribution in [3.63, 3.8) is 0 Å². The van der Waals surface area contributed by atoms with Crippen LogP contribution in [0.3, 0.4) is 0 Å². The number of amides is 1. The summed E-state index contributed by atoms with van der Waals surface area (Å²) in [7, 11) is 0. The average molecular weight is 397 g/mol. The van der Waals surface area contributed by atoms with Gasteiger partial charge in [0.1, 0.15) is 5.75 Å². The third kappa shape index (κ3) is 5.81. The largest absolute Gasteiger partial charge is 0.484 e. The normalized spacial score (nSPS) is 11.4. The van der Waals surface area contributed by atoms with Crippen LogP contribution in [-0.2, 0) is 11.2 Å². The number of carbonyl (C=O) groups excluding carboxylic acids is 1. The molecule has 6 nitrogen and oxygen atoms in total. The molecule has 0 aliphatic carbocycles. The van der Waals surface area contributed by atoms with Crippen molar-refractivity contribution in [3.05, 3.63) is 47.0 Å². The number of anilines is 1. The molecule has 27 heavy (non-hydrogen) atoms. The van der Waals surface area contributed by atoms with E-state index in [2.05, 4.69) is 20.3 Å². The molecule has 3 aromatic rings. The first kappa shape index (κ1) is 18.9. The van der Waals surface area contributed by atoms with E-state index >= 15 is 0 Å². The Bertz CT molecular complexity index is 877. The molecule has 0 radical (unpaired) electrons. The number of ether oxygens (including phenoxy) is 1. The van der Waals surface area contributed by atoms with Crippen LogP contribution in [0.1, 0.15) is 12.3 Å². The highest BCUT2D eigenvalue weighted by Crippen LogP contribution is 2.22. The van der Waals surface area contributed by atoms with E-state index in [1.807, 2.05) is 16.8 Å². The molecule has 0 unspecified atom stereocenters. The fraction of sp³-hybridized carbons (Fsp3) is 0.235. The van der Waals surface area contributed by atoms with Crippen LogP contribution in [0.2, 0.25) is 0 Å². The first-order chi connectivity index (χ1) is 12.9. The number of alkyl halides is 3. The molecule has 10 heteroatoms. The topological polar surface area (TPSA) is 77.2 Å². The first-order valence-electron chi connectivity index (χ1n) is 7.83. The lowest BCUT2D eigenvalue weighted by Gasteiger charge is -2.10. The fourth-order valence-corrected chi connectivity index (χ4v) is 2.73. The standard InChI is InChI=1S/C17H14F3N3O3S/c18-17(19,20)10-25-13-3-1-12(2-4-13)21-14(24)5-6-15-22-23-16(26-15)11-7-8-27-9-11/h1-4,7-9H,5-6,10H2,(H,21,24). The van der Waals surface area contributed by atoms with Gasteiger partial charge in [0.15, 0.2) is 6.61 Å². The molecule has 2 heterocycles. The number of thiophene rings is 1. The maximum atomic E-state index is 12.1. The van der Waals surface area contributed by atoms with Gasteiger partial charge in [0.25, 0.3) is 0 Å². The third-order valence-corrected chi connectivity index (χ3v) is 4.02. The lowest BCUT2D eigenvalue weighted by molar-refractivity contribution is -0.153. The Morgan fingerprint density at radius 1 is 1.19 bits per heavy atom. The second-order valence-electron chi connectivity index (χ2n) is 5.49. The summed E-state index contributed by atoms with van der Waals surface area (Å²) in [4.78, 5) is 12.0. The molecule has 3 rings (SSSR count). The SMILES string of the molecule is O=C(CCc1nnc(-c2ccsc2)o1)Nc1ccc(OCC(F)(F)F)cc1. The molecule has 0 saturated heterocycles. The maximum absolute atomic E-state index is 12.1. The van der Waals surface area contributed by atoms with Gasteiger partial charge >= 0.3 is 6.18 Å². The molecule has 0 saturated carbocycles. The second kappa shape index (κ2) is 8.21. The van der Waals surface area contributed by atoms with Crippen LogP contribution in [-0.4, -0.2) is 28.9 Å². The van der Waals surface area contributed by atoms with Crippen molar-refractivity contribution in [1.29, 1.82) is 0 Å². The number of nitrogens with zero attached hydrogens (tertiary/aromatic N) is 2. The van der Waals surface area contributed by atoms with Crippen LogP contribution in [0.25, 0.3) is 11.5 Å². The van der Waals surface area contributed by atoms with Gasteiger partial charge in [0.05, 0.1) is 0 Å². The summed E-state index contributed by atoms with van der Waals surface area (Å²) in [5, 5.41) is 14.2. The zero-order valence-electron chi connectivity index (χ0n) is 13.8. The molecule has 0 aliphatic rings. The number of benzene rings is 1. The van der Waals surface area contributed by atoms with Crippen LogP contribution < -0.4 is 10.1 Å².